The van der Waals surface area contributed by atoms with Gasteiger partial charge < -0.3 is 5.32 Å². The Bertz CT molecular complexity index is 390. The summed E-state index contributed by atoms with van der Waals surface area (Å²) >= 11 is 0. The quantitative estimate of drug-likeness (QED) is 0.877. The highest BCUT2D eigenvalue weighted by Crippen LogP contribution is 2.09. The molecule has 0 heterocycles. The van der Waals surface area contributed by atoms with E-state index in [0.29, 0.717) is 5.56 Å². The normalized spacial score (nSPS) is 11.6. The number of carbonyl (C=O) groups excluding carboxylic acids is 1. The number of benzene rings is 1. The molecule has 0 aliphatic rings. The number of hydrogen-bond acceptors (Lipinski definition) is 2. The molecular formula is C13H17F2NO. The van der Waals surface area contributed by atoms with E-state index in [1.165, 1.54) is 12.1 Å². The molecule has 0 aliphatic heterocycles. The Labute approximate surface area is 100 Å². The Morgan fingerprint density at radius 2 is 1.71 bits per heavy atom. The number of rotatable bonds is 4. The molecule has 1 aromatic carbocycles. The lowest BCUT2D eigenvalue weighted by Gasteiger charge is -2.19. The maximum absolute atomic E-state index is 12.9. The molecule has 0 bridgehead atoms. The minimum atomic E-state index is -0.656. The molecule has 94 valence electrons. The van der Waals surface area contributed by atoms with Crippen molar-refractivity contribution in [3.8, 4) is 0 Å². The fourth-order valence-electron chi connectivity index (χ4n) is 1.37. The van der Waals surface area contributed by atoms with E-state index < -0.39 is 11.6 Å². The molecule has 0 spiro atoms. The number of ketones is 1. The van der Waals surface area contributed by atoms with Crippen molar-refractivity contribution in [3.05, 3.63) is 35.4 Å². The zero-order valence-corrected chi connectivity index (χ0v) is 10.3. The molecule has 1 rings (SSSR count). The first-order valence-corrected chi connectivity index (χ1v) is 5.48. The van der Waals surface area contributed by atoms with Gasteiger partial charge in [-0.25, -0.2) is 8.78 Å². The van der Waals surface area contributed by atoms with Gasteiger partial charge in [0.05, 0.1) is 6.54 Å². The van der Waals surface area contributed by atoms with Gasteiger partial charge in [0.2, 0.25) is 0 Å². The van der Waals surface area contributed by atoms with E-state index in [2.05, 4.69) is 5.32 Å². The van der Waals surface area contributed by atoms with Gasteiger partial charge in [-0.05, 0) is 38.5 Å². The summed E-state index contributed by atoms with van der Waals surface area (Å²) in [6, 6.07) is 3.15. The van der Waals surface area contributed by atoms with Crippen molar-refractivity contribution in [3.63, 3.8) is 0 Å². The van der Waals surface area contributed by atoms with Crippen LogP contribution in [0.25, 0.3) is 0 Å². The van der Waals surface area contributed by atoms with Crippen LogP contribution in [0.5, 0.6) is 0 Å². The Morgan fingerprint density at radius 3 is 2.18 bits per heavy atom. The fraction of sp³-hybridized carbons (Fsp3) is 0.462. The highest BCUT2D eigenvalue weighted by Gasteiger charge is 2.12. The summed E-state index contributed by atoms with van der Waals surface area (Å²) in [5.74, 6) is -1.40. The van der Waals surface area contributed by atoms with E-state index in [1.807, 2.05) is 20.8 Å². The molecule has 4 heteroatoms. The third-order valence-electron chi connectivity index (χ3n) is 2.14. The van der Waals surface area contributed by atoms with Crippen molar-refractivity contribution in [2.45, 2.75) is 32.7 Å². The summed E-state index contributed by atoms with van der Waals surface area (Å²) in [6.45, 7) is 6.04. The number of carbonyl (C=O) groups is 1. The third kappa shape index (κ3) is 5.54. The lowest BCUT2D eigenvalue weighted by Crippen LogP contribution is -2.39. The van der Waals surface area contributed by atoms with Crippen molar-refractivity contribution < 1.29 is 13.6 Å². The van der Waals surface area contributed by atoms with Gasteiger partial charge in [-0.1, -0.05) is 0 Å². The van der Waals surface area contributed by atoms with Crippen molar-refractivity contribution in [2.24, 2.45) is 0 Å². The Hall–Kier alpha value is -1.29. The van der Waals surface area contributed by atoms with E-state index in [-0.39, 0.29) is 24.3 Å². The highest BCUT2D eigenvalue weighted by molar-refractivity contribution is 5.82. The lowest BCUT2D eigenvalue weighted by atomic mass is 10.1. The van der Waals surface area contributed by atoms with Crippen LogP contribution in [-0.2, 0) is 11.2 Å². The van der Waals surface area contributed by atoms with Gasteiger partial charge in [0.25, 0.3) is 0 Å². The van der Waals surface area contributed by atoms with Crippen LogP contribution in [-0.4, -0.2) is 17.9 Å². The van der Waals surface area contributed by atoms with Crippen LogP contribution in [0.2, 0.25) is 0 Å². The van der Waals surface area contributed by atoms with E-state index in [4.69, 9.17) is 0 Å². The Morgan fingerprint density at radius 1 is 1.18 bits per heavy atom. The molecule has 2 nitrogen and oxygen atoms in total. The van der Waals surface area contributed by atoms with Gasteiger partial charge >= 0.3 is 0 Å². The van der Waals surface area contributed by atoms with Crippen molar-refractivity contribution in [1.82, 2.24) is 5.32 Å². The minimum absolute atomic E-state index is 0.0394. The average molecular weight is 241 g/mol. The smallest absolute Gasteiger partial charge is 0.150 e. The lowest BCUT2D eigenvalue weighted by molar-refractivity contribution is -0.117. The maximum atomic E-state index is 12.9. The molecule has 17 heavy (non-hydrogen) atoms. The van der Waals surface area contributed by atoms with Gasteiger partial charge in [-0.3, -0.25) is 4.79 Å². The second-order valence-corrected chi connectivity index (χ2v) is 5.10. The molecule has 0 saturated heterocycles. The molecule has 0 radical (unpaired) electrons. The molecular weight excluding hydrogens is 224 g/mol. The average Bonchev–Trinajstić information content (AvgIpc) is 2.11. The van der Waals surface area contributed by atoms with E-state index in [0.717, 1.165) is 6.07 Å². The largest absolute Gasteiger partial charge is 0.305 e. The fourth-order valence-corrected chi connectivity index (χ4v) is 1.37. The number of nitrogens with one attached hydrogen (secondary N) is 1. The summed E-state index contributed by atoms with van der Waals surface area (Å²) in [4.78, 5) is 11.6. The summed E-state index contributed by atoms with van der Waals surface area (Å²) in [5, 5.41) is 3.03. The van der Waals surface area contributed by atoms with E-state index in [1.54, 1.807) is 0 Å². The Balaban J connectivity index is 2.56. The van der Waals surface area contributed by atoms with Crippen LogP contribution in [0.4, 0.5) is 8.78 Å². The molecule has 0 aliphatic carbocycles. The van der Waals surface area contributed by atoms with Crippen LogP contribution >= 0.6 is 0 Å². The summed E-state index contributed by atoms with van der Waals surface area (Å²) < 4.78 is 25.8. The molecule has 0 saturated carbocycles. The predicted molar refractivity (Wildman–Crippen MR) is 62.8 cm³/mol. The number of halogens is 2. The van der Waals surface area contributed by atoms with Gasteiger partial charge in [0.1, 0.15) is 11.6 Å². The second kappa shape index (κ2) is 5.36. The summed E-state index contributed by atoms with van der Waals surface area (Å²) in [7, 11) is 0. The zero-order valence-electron chi connectivity index (χ0n) is 10.3. The van der Waals surface area contributed by atoms with E-state index >= 15 is 0 Å². The first-order valence-electron chi connectivity index (χ1n) is 5.48. The predicted octanol–water partition coefficient (Wildman–Crippen LogP) is 2.46. The zero-order chi connectivity index (χ0) is 13.1. The standard InChI is InChI=1S/C13H17F2NO/c1-13(2,3)16-8-12(17)6-9-4-10(14)7-11(15)5-9/h4-5,7,16H,6,8H2,1-3H3. The van der Waals surface area contributed by atoms with Crippen LogP contribution < -0.4 is 5.32 Å². The van der Waals surface area contributed by atoms with Crippen molar-refractivity contribution >= 4 is 5.78 Å². The van der Waals surface area contributed by atoms with Crippen LogP contribution in [0.15, 0.2) is 18.2 Å². The highest BCUT2D eigenvalue weighted by atomic mass is 19.1. The molecule has 0 amide bonds. The molecule has 0 aromatic heterocycles. The summed E-state index contributed by atoms with van der Waals surface area (Å²) in [5.41, 5.74) is 0.214. The second-order valence-electron chi connectivity index (χ2n) is 5.10. The van der Waals surface area contributed by atoms with Crippen molar-refractivity contribution in [1.29, 1.82) is 0 Å². The maximum Gasteiger partial charge on any atom is 0.150 e. The first-order chi connectivity index (χ1) is 7.76. The number of Topliss-reactive ketones (excluding diaryl/α,β-unsaturated/α-hetero) is 1. The Kier molecular flexibility index (Phi) is 4.34. The molecule has 0 unspecified atom stereocenters. The van der Waals surface area contributed by atoms with Gasteiger partial charge in [-0.15, -0.1) is 0 Å². The molecule has 0 atom stereocenters. The third-order valence-corrected chi connectivity index (χ3v) is 2.14. The molecule has 1 N–H and O–H groups in total. The van der Waals surface area contributed by atoms with Gasteiger partial charge in [0, 0.05) is 18.0 Å². The van der Waals surface area contributed by atoms with Crippen LogP contribution in [0.3, 0.4) is 0 Å². The minimum Gasteiger partial charge on any atom is -0.305 e. The van der Waals surface area contributed by atoms with Crippen molar-refractivity contribution in [2.75, 3.05) is 6.54 Å². The number of hydrogen-bond donors (Lipinski definition) is 1. The summed E-state index contributed by atoms with van der Waals surface area (Å²) in [6.07, 6.45) is 0.0394. The van der Waals surface area contributed by atoms with Crippen LogP contribution in [0, 0.1) is 11.6 Å². The molecule has 1 aromatic rings. The monoisotopic (exact) mass is 241 g/mol. The van der Waals surface area contributed by atoms with Gasteiger partial charge in [-0.2, -0.15) is 0 Å². The SMILES string of the molecule is CC(C)(C)NCC(=O)Cc1cc(F)cc(F)c1. The first kappa shape index (κ1) is 13.8. The van der Waals surface area contributed by atoms with Crippen LogP contribution in [0.1, 0.15) is 26.3 Å². The van der Waals surface area contributed by atoms with Gasteiger partial charge in [0.15, 0.2) is 5.78 Å². The topological polar surface area (TPSA) is 29.1 Å². The molecule has 0 fully saturated rings. The van der Waals surface area contributed by atoms with E-state index in [9.17, 15) is 13.6 Å².